The Kier molecular flexibility index (Phi) is 3.68. The molecule has 16 heavy (non-hydrogen) atoms. The third kappa shape index (κ3) is 2.40. The summed E-state index contributed by atoms with van der Waals surface area (Å²) < 4.78 is 4.73. The Balaban J connectivity index is 2.82. The standard InChI is InChI=1S/C13H24O3/c1-9-8-12(3,4)6-7-13(9,15)10(2)11(14)16-5/h9-10,15H,6-8H2,1-5H3. The second-order valence-electron chi connectivity index (χ2n) is 6.01. The number of hydrogen-bond donors (Lipinski definition) is 1. The number of ether oxygens (including phenoxy) is 1. The van der Waals surface area contributed by atoms with Crippen molar-refractivity contribution in [2.24, 2.45) is 17.3 Å². The molecule has 3 nitrogen and oxygen atoms in total. The number of hydrogen-bond acceptors (Lipinski definition) is 3. The van der Waals surface area contributed by atoms with E-state index in [1.165, 1.54) is 7.11 Å². The van der Waals surface area contributed by atoms with Crippen molar-refractivity contribution in [3.05, 3.63) is 0 Å². The van der Waals surface area contributed by atoms with E-state index < -0.39 is 11.5 Å². The predicted octanol–water partition coefficient (Wildman–Crippen LogP) is 2.37. The lowest BCUT2D eigenvalue weighted by Gasteiger charge is -2.47. The van der Waals surface area contributed by atoms with E-state index in [4.69, 9.17) is 4.74 Å². The Bertz CT molecular complexity index is 272. The summed E-state index contributed by atoms with van der Waals surface area (Å²) in [6, 6.07) is 0. The molecule has 1 fully saturated rings. The zero-order valence-electron chi connectivity index (χ0n) is 11.0. The Morgan fingerprint density at radius 2 is 2.00 bits per heavy atom. The second kappa shape index (κ2) is 4.36. The minimum Gasteiger partial charge on any atom is -0.469 e. The summed E-state index contributed by atoms with van der Waals surface area (Å²) in [5.41, 5.74) is -0.635. The minimum atomic E-state index is -0.900. The molecule has 0 aromatic carbocycles. The Hall–Kier alpha value is -0.570. The molecule has 0 amide bonds. The fourth-order valence-corrected chi connectivity index (χ4v) is 2.92. The molecule has 1 aliphatic rings. The fraction of sp³-hybridized carbons (Fsp3) is 0.923. The zero-order valence-corrected chi connectivity index (χ0v) is 11.0. The first kappa shape index (κ1) is 13.5. The van der Waals surface area contributed by atoms with Gasteiger partial charge in [0, 0.05) is 0 Å². The molecular weight excluding hydrogens is 204 g/mol. The highest BCUT2D eigenvalue weighted by Gasteiger charge is 2.48. The highest BCUT2D eigenvalue weighted by molar-refractivity contribution is 5.73. The molecule has 0 aromatic rings. The largest absolute Gasteiger partial charge is 0.469 e. The summed E-state index contributed by atoms with van der Waals surface area (Å²) in [4.78, 5) is 11.5. The summed E-state index contributed by atoms with van der Waals surface area (Å²) in [6.45, 7) is 8.22. The number of aliphatic hydroxyl groups is 1. The van der Waals surface area contributed by atoms with Gasteiger partial charge in [0.1, 0.15) is 0 Å². The number of esters is 1. The topological polar surface area (TPSA) is 46.5 Å². The monoisotopic (exact) mass is 228 g/mol. The normalized spacial score (nSPS) is 35.5. The third-order valence-electron chi connectivity index (χ3n) is 4.22. The number of rotatable bonds is 2. The molecule has 0 aliphatic heterocycles. The average Bonchev–Trinajstić information content (AvgIpc) is 2.21. The van der Waals surface area contributed by atoms with Crippen molar-refractivity contribution >= 4 is 5.97 Å². The molecule has 1 N–H and O–H groups in total. The van der Waals surface area contributed by atoms with Gasteiger partial charge in [-0.2, -0.15) is 0 Å². The van der Waals surface area contributed by atoms with Gasteiger partial charge in [0.15, 0.2) is 0 Å². The molecule has 1 saturated carbocycles. The quantitative estimate of drug-likeness (QED) is 0.738. The van der Waals surface area contributed by atoms with Crippen LogP contribution in [-0.2, 0) is 9.53 Å². The van der Waals surface area contributed by atoms with Gasteiger partial charge in [-0.05, 0) is 37.5 Å². The number of carbonyl (C=O) groups is 1. The summed E-state index contributed by atoms with van der Waals surface area (Å²) >= 11 is 0. The molecule has 1 aliphatic carbocycles. The lowest BCUT2D eigenvalue weighted by molar-refractivity contribution is -0.166. The van der Waals surface area contributed by atoms with Crippen molar-refractivity contribution in [2.75, 3.05) is 7.11 Å². The maximum absolute atomic E-state index is 11.5. The Morgan fingerprint density at radius 3 is 2.44 bits per heavy atom. The highest BCUT2D eigenvalue weighted by atomic mass is 16.5. The van der Waals surface area contributed by atoms with E-state index in [-0.39, 0.29) is 17.3 Å². The van der Waals surface area contributed by atoms with Gasteiger partial charge in [0.2, 0.25) is 0 Å². The van der Waals surface area contributed by atoms with Gasteiger partial charge in [0.25, 0.3) is 0 Å². The van der Waals surface area contributed by atoms with Gasteiger partial charge in [0.05, 0.1) is 18.6 Å². The maximum atomic E-state index is 11.5. The first-order chi connectivity index (χ1) is 7.23. The lowest BCUT2D eigenvalue weighted by Crippen LogP contribution is -2.51. The van der Waals surface area contributed by atoms with Crippen LogP contribution in [0.2, 0.25) is 0 Å². The number of carbonyl (C=O) groups excluding carboxylic acids is 1. The van der Waals surface area contributed by atoms with Crippen molar-refractivity contribution in [1.82, 2.24) is 0 Å². The van der Waals surface area contributed by atoms with E-state index in [9.17, 15) is 9.90 Å². The van der Waals surface area contributed by atoms with E-state index in [0.29, 0.717) is 6.42 Å². The van der Waals surface area contributed by atoms with Crippen molar-refractivity contribution in [3.63, 3.8) is 0 Å². The van der Waals surface area contributed by atoms with Gasteiger partial charge in [-0.3, -0.25) is 4.79 Å². The molecule has 3 heteroatoms. The van der Waals surface area contributed by atoms with E-state index in [0.717, 1.165) is 12.8 Å². The van der Waals surface area contributed by atoms with Crippen LogP contribution in [0.25, 0.3) is 0 Å². The fourth-order valence-electron chi connectivity index (χ4n) is 2.92. The summed E-state index contributed by atoms with van der Waals surface area (Å²) in [5.74, 6) is -0.622. The Morgan fingerprint density at radius 1 is 1.44 bits per heavy atom. The van der Waals surface area contributed by atoms with Gasteiger partial charge >= 0.3 is 5.97 Å². The van der Waals surface area contributed by atoms with E-state index in [2.05, 4.69) is 13.8 Å². The van der Waals surface area contributed by atoms with Crippen LogP contribution >= 0.6 is 0 Å². The first-order valence-electron chi connectivity index (χ1n) is 6.03. The van der Waals surface area contributed by atoms with Crippen LogP contribution in [0.4, 0.5) is 0 Å². The molecule has 3 unspecified atom stereocenters. The summed E-state index contributed by atoms with van der Waals surface area (Å²) in [7, 11) is 1.37. The molecule has 0 heterocycles. The van der Waals surface area contributed by atoms with Crippen LogP contribution in [0.15, 0.2) is 0 Å². The van der Waals surface area contributed by atoms with Crippen LogP contribution < -0.4 is 0 Å². The van der Waals surface area contributed by atoms with Gasteiger partial charge < -0.3 is 9.84 Å². The molecule has 3 atom stereocenters. The van der Waals surface area contributed by atoms with Crippen molar-refractivity contribution in [2.45, 2.75) is 52.6 Å². The van der Waals surface area contributed by atoms with Gasteiger partial charge in [-0.25, -0.2) is 0 Å². The van der Waals surface area contributed by atoms with Crippen molar-refractivity contribution < 1.29 is 14.6 Å². The second-order valence-corrected chi connectivity index (χ2v) is 6.01. The minimum absolute atomic E-state index is 0.130. The van der Waals surface area contributed by atoms with Crippen LogP contribution in [0, 0.1) is 17.3 Å². The highest BCUT2D eigenvalue weighted by Crippen LogP contribution is 2.47. The summed E-state index contributed by atoms with van der Waals surface area (Å²) in [6.07, 6.45) is 2.58. The van der Waals surface area contributed by atoms with E-state index >= 15 is 0 Å². The maximum Gasteiger partial charge on any atom is 0.311 e. The lowest BCUT2D eigenvalue weighted by atomic mass is 9.62. The first-order valence-corrected chi connectivity index (χ1v) is 6.03. The summed E-state index contributed by atoms with van der Waals surface area (Å²) in [5, 5.41) is 10.6. The zero-order chi connectivity index (χ0) is 12.6. The van der Waals surface area contributed by atoms with Crippen molar-refractivity contribution in [3.8, 4) is 0 Å². The SMILES string of the molecule is COC(=O)C(C)C1(O)CCC(C)(C)CC1C. The van der Waals surface area contributed by atoms with E-state index in [1.807, 2.05) is 6.92 Å². The Labute approximate surface area is 98.2 Å². The molecule has 0 spiro atoms. The van der Waals surface area contributed by atoms with Crippen LogP contribution in [-0.4, -0.2) is 23.8 Å². The molecular formula is C13H24O3. The van der Waals surface area contributed by atoms with Crippen molar-refractivity contribution in [1.29, 1.82) is 0 Å². The van der Waals surface area contributed by atoms with Crippen LogP contribution in [0.5, 0.6) is 0 Å². The third-order valence-corrected chi connectivity index (χ3v) is 4.22. The molecule has 94 valence electrons. The molecule has 0 saturated heterocycles. The molecule has 0 bridgehead atoms. The van der Waals surface area contributed by atoms with Crippen LogP contribution in [0.1, 0.15) is 47.0 Å². The van der Waals surface area contributed by atoms with E-state index in [1.54, 1.807) is 6.92 Å². The smallest absolute Gasteiger partial charge is 0.311 e. The predicted molar refractivity (Wildman–Crippen MR) is 62.9 cm³/mol. The molecule has 0 aromatic heterocycles. The average molecular weight is 228 g/mol. The van der Waals surface area contributed by atoms with Gasteiger partial charge in [-0.1, -0.05) is 20.8 Å². The van der Waals surface area contributed by atoms with Gasteiger partial charge in [-0.15, -0.1) is 0 Å². The van der Waals surface area contributed by atoms with Crippen LogP contribution in [0.3, 0.4) is 0 Å². The number of methoxy groups -OCH3 is 1. The molecule has 0 radical (unpaired) electrons. The molecule has 1 rings (SSSR count).